The molecule has 0 fully saturated rings. The first-order valence-corrected chi connectivity index (χ1v) is 6.02. The topological polar surface area (TPSA) is 46.3 Å². The van der Waals surface area contributed by atoms with Gasteiger partial charge in [-0.1, -0.05) is 19.9 Å². The van der Waals surface area contributed by atoms with E-state index >= 15 is 0 Å². The highest BCUT2D eigenvalue weighted by molar-refractivity contribution is 5.82. The molecule has 0 aromatic heterocycles. The highest BCUT2D eigenvalue weighted by Crippen LogP contribution is 2.30. The molecule has 0 bridgehead atoms. The molecule has 1 unspecified atom stereocenters. The fourth-order valence-electron chi connectivity index (χ4n) is 1.97. The van der Waals surface area contributed by atoms with Gasteiger partial charge in [-0.05, 0) is 18.8 Å². The van der Waals surface area contributed by atoms with Gasteiger partial charge in [0.1, 0.15) is 0 Å². The molecule has 0 aromatic rings. The minimum Gasteiger partial charge on any atom is -0.337 e. The van der Waals surface area contributed by atoms with Gasteiger partial charge >= 0.3 is 6.18 Å². The number of rotatable bonds is 3. The average molecular weight is 264 g/mol. The van der Waals surface area contributed by atoms with Crippen molar-refractivity contribution in [3.8, 4) is 0 Å². The lowest BCUT2D eigenvalue weighted by Crippen LogP contribution is -2.46. The van der Waals surface area contributed by atoms with Crippen molar-refractivity contribution in [1.29, 1.82) is 0 Å². The van der Waals surface area contributed by atoms with Gasteiger partial charge in [-0.3, -0.25) is 4.79 Å². The Labute approximate surface area is 105 Å². The first-order chi connectivity index (χ1) is 8.21. The Morgan fingerprint density at radius 3 is 2.50 bits per heavy atom. The van der Waals surface area contributed by atoms with Gasteiger partial charge in [0, 0.05) is 18.7 Å². The van der Waals surface area contributed by atoms with Crippen LogP contribution in [0.1, 0.15) is 26.7 Å². The van der Waals surface area contributed by atoms with Crippen molar-refractivity contribution in [2.75, 3.05) is 13.1 Å². The van der Waals surface area contributed by atoms with E-state index < -0.39 is 17.8 Å². The van der Waals surface area contributed by atoms with Gasteiger partial charge in [-0.25, -0.2) is 0 Å². The molecule has 1 rings (SSSR count). The van der Waals surface area contributed by atoms with Crippen molar-refractivity contribution >= 4 is 5.91 Å². The van der Waals surface area contributed by atoms with Crippen LogP contribution in [0.4, 0.5) is 13.2 Å². The zero-order chi connectivity index (χ0) is 13.9. The Morgan fingerprint density at radius 2 is 2.11 bits per heavy atom. The van der Waals surface area contributed by atoms with E-state index in [9.17, 15) is 18.0 Å². The van der Waals surface area contributed by atoms with Crippen LogP contribution < -0.4 is 5.73 Å². The molecule has 0 radical (unpaired) electrons. The van der Waals surface area contributed by atoms with Gasteiger partial charge < -0.3 is 10.6 Å². The zero-order valence-corrected chi connectivity index (χ0v) is 10.6. The van der Waals surface area contributed by atoms with Crippen molar-refractivity contribution in [1.82, 2.24) is 4.90 Å². The molecule has 0 aliphatic carbocycles. The number of nitrogens with zero attached hydrogens (tertiary/aromatic N) is 1. The predicted octanol–water partition coefficient (Wildman–Crippen LogP) is 2.08. The molecule has 0 saturated heterocycles. The molecule has 2 N–H and O–H groups in total. The lowest BCUT2D eigenvalue weighted by molar-refractivity contribution is -0.133. The van der Waals surface area contributed by atoms with Crippen LogP contribution in [0.25, 0.3) is 0 Å². The van der Waals surface area contributed by atoms with Gasteiger partial charge in [0.05, 0.1) is 6.04 Å². The number of carbonyl (C=O) groups is 1. The van der Waals surface area contributed by atoms with Gasteiger partial charge in [0.2, 0.25) is 5.91 Å². The first kappa shape index (κ1) is 15.0. The number of hydrogen-bond acceptors (Lipinski definition) is 2. The Morgan fingerprint density at radius 1 is 1.50 bits per heavy atom. The number of carbonyl (C=O) groups excluding carboxylic acids is 1. The lowest BCUT2D eigenvalue weighted by Gasteiger charge is -2.29. The molecule has 0 spiro atoms. The number of hydrogen-bond donors (Lipinski definition) is 1. The van der Waals surface area contributed by atoms with E-state index in [4.69, 9.17) is 5.73 Å². The van der Waals surface area contributed by atoms with Crippen LogP contribution in [0.2, 0.25) is 0 Å². The molecule has 104 valence electrons. The smallest absolute Gasteiger partial charge is 0.337 e. The number of alkyl halides is 3. The maximum Gasteiger partial charge on any atom is 0.412 e. The minimum absolute atomic E-state index is 0.000524. The van der Waals surface area contributed by atoms with Crippen LogP contribution in [0, 0.1) is 5.92 Å². The maximum absolute atomic E-state index is 12.4. The molecule has 1 atom stereocenters. The van der Waals surface area contributed by atoms with Crippen molar-refractivity contribution in [3.63, 3.8) is 0 Å². The summed E-state index contributed by atoms with van der Waals surface area (Å²) in [5.74, 6) is 0.0243. The molecule has 1 aliphatic rings. The van der Waals surface area contributed by atoms with E-state index in [0.29, 0.717) is 6.42 Å². The molecule has 1 amide bonds. The molecule has 1 heterocycles. The Kier molecular flexibility index (Phi) is 4.78. The molecule has 18 heavy (non-hydrogen) atoms. The summed E-state index contributed by atoms with van der Waals surface area (Å²) in [5, 5.41) is 0. The van der Waals surface area contributed by atoms with Crippen molar-refractivity contribution < 1.29 is 18.0 Å². The third kappa shape index (κ3) is 4.01. The third-order valence-corrected chi connectivity index (χ3v) is 2.93. The van der Waals surface area contributed by atoms with Crippen LogP contribution in [-0.4, -0.2) is 36.1 Å². The molecular weight excluding hydrogens is 245 g/mol. The van der Waals surface area contributed by atoms with Crippen molar-refractivity contribution in [2.45, 2.75) is 38.9 Å². The van der Waals surface area contributed by atoms with Crippen molar-refractivity contribution in [3.05, 3.63) is 11.6 Å². The van der Waals surface area contributed by atoms with Crippen LogP contribution in [0.15, 0.2) is 11.6 Å². The SMILES string of the molecule is CC(C)CC(N)C(=O)N1CC=C(C(F)(F)F)CC1. The molecule has 0 saturated carbocycles. The molecule has 0 aromatic carbocycles. The fourth-order valence-corrected chi connectivity index (χ4v) is 1.97. The highest BCUT2D eigenvalue weighted by atomic mass is 19.4. The predicted molar refractivity (Wildman–Crippen MR) is 62.8 cm³/mol. The fraction of sp³-hybridized carbons (Fsp3) is 0.750. The second-order valence-electron chi connectivity index (χ2n) is 5.00. The maximum atomic E-state index is 12.4. The second-order valence-corrected chi connectivity index (χ2v) is 5.00. The van der Waals surface area contributed by atoms with Crippen LogP contribution in [0.5, 0.6) is 0 Å². The molecule has 6 heteroatoms. The first-order valence-electron chi connectivity index (χ1n) is 6.02. The number of halogens is 3. The van der Waals surface area contributed by atoms with E-state index in [2.05, 4.69) is 0 Å². The summed E-state index contributed by atoms with van der Waals surface area (Å²) in [6, 6.07) is -0.620. The largest absolute Gasteiger partial charge is 0.412 e. The van der Waals surface area contributed by atoms with E-state index in [1.165, 1.54) is 4.90 Å². The standard InChI is InChI=1S/C12H19F3N2O/c1-8(2)7-10(16)11(18)17-5-3-9(4-6-17)12(13,14)15/h3,8,10H,4-7,16H2,1-2H3. The highest BCUT2D eigenvalue weighted by Gasteiger charge is 2.36. The summed E-state index contributed by atoms with van der Waals surface area (Å²) in [4.78, 5) is 13.3. The van der Waals surface area contributed by atoms with E-state index in [-0.39, 0.29) is 31.3 Å². The van der Waals surface area contributed by atoms with Crippen LogP contribution >= 0.6 is 0 Å². The molecule has 3 nitrogen and oxygen atoms in total. The summed E-state index contributed by atoms with van der Waals surface area (Å²) in [7, 11) is 0. The average Bonchev–Trinajstić information content (AvgIpc) is 2.26. The van der Waals surface area contributed by atoms with E-state index in [1.54, 1.807) is 0 Å². The van der Waals surface area contributed by atoms with E-state index in [1.807, 2.05) is 13.8 Å². The van der Waals surface area contributed by atoms with Gasteiger partial charge in [0.25, 0.3) is 0 Å². The Hall–Kier alpha value is -1.04. The summed E-state index contributed by atoms with van der Waals surface area (Å²) in [6.07, 6.45) is -2.81. The lowest BCUT2D eigenvalue weighted by atomic mass is 10.0. The summed E-state index contributed by atoms with van der Waals surface area (Å²) >= 11 is 0. The third-order valence-electron chi connectivity index (χ3n) is 2.93. The molecular formula is C12H19F3N2O. The Balaban J connectivity index is 2.57. The van der Waals surface area contributed by atoms with Gasteiger partial charge in [-0.15, -0.1) is 0 Å². The van der Waals surface area contributed by atoms with E-state index in [0.717, 1.165) is 6.08 Å². The Bertz CT molecular complexity index is 337. The summed E-state index contributed by atoms with van der Waals surface area (Å²) in [6.45, 7) is 3.99. The zero-order valence-electron chi connectivity index (χ0n) is 10.6. The second kappa shape index (κ2) is 5.73. The molecule has 1 aliphatic heterocycles. The summed E-state index contributed by atoms with van der Waals surface area (Å²) < 4.78 is 37.2. The summed E-state index contributed by atoms with van der Waals surface area (Å²) in [5.41, 5.74) is 5.18. The number of nitrogens with two attached hydrogens (primary N) is 1. The van der Waals surface area contributed by atoms with Crippen LogP contribution in [0.3, 0.4) is 0 Å². The minimum atomic E-state index is -4.28. The van der Waals surface area contributed by atoms with Crippen molar-refractivity contribution in [2.24, 2.45) is 11.7 Å². The normalized spacial score (nSPS) is 18.8. The number of amides is 1. The van der Waals surface area contributed by atoms with Crippen LogP contribution in [-0.2, 0) is 4.79 Å². The quantitative estimate of drug-likeness (QED) is 0.793. The monoisotopic (exact) mass is 264 g/mol. The van der Waals surface area contributed by atoms with Gasteiger partial charge in [0.15, 0.2) is 0 Å². The van der Waals surface area contributed by atoms with Gasteiger partial charge in [-0.2, -0.15) is 13.2 Å².